The van der Waals surface area contributed by atoms with Crippen LogP contribution in [0.3, 0.4) is 0 Å². The maximum absolute atomic E-state index is 12.5. The van der Waals surface area contributed by atoms with E-state index in [1.165, 1.54) is 38.8 Å². The average Bonchev–Trinajstić information content (AvgIpc) is 2.64. The van der Waals surface area contributed by atoms with Crippen molar-refractivity contribution < 1.29 is 23.5 Å². The highest BCUT2D eigenvalue weighted by Gasteiger charge is 2.43. The van der Waals surface area contributed by atoms with E-state index >= 15 is 0 Å². The molecule has 3 rings (SSSR count). The number of esters is 1. The number of ether oxygens (including phenoxy) is 3. The minimum atomic E-state index is -0.298. The lowest BCUT2D eigenvalue weighted by molar-refractivity contribution is -0.947. The van der Waals surface area contributed by atoms with E-state index in [1.54, 1.807) is 32.4 Å². The molecule has 25 heavy (non-hydrogen) atoms. The number of piperidine rings is 2. The number of carbonyl (C=O) groups is 1. The molecule has 0 amide bonds. The molecular weight excluding hydrogens is 318 g/mol. The molecule has 2 aliphatic heterocycles. The van der Waals surface area contributed by atoms with Gasteiger partial charge in [-0.3, -0.25) is 0 Å². The zero-order valence-electron chi connectivity index (χ0n) is 15.6. The summed E-state index contributed by atoms with van der Waals surface area (Å²) >= 11 is 0. The third kappa shape index (κ3) is 3.92. The summed E-state index contributed by atoms with van der Waals surface area (Å²) in [5, 5.41) is 0. The number of rotatable bonds is 5. The van der Waals surface area contributed by atoms with Gasteiger partial charge in [-0.15, -0.1) is 0 Å². The van der Waals surface area contributed by atoms with Crippen LogP contribution in [0.4, 0.5) is 0 Å². The Hall–Kier alpha value is -1.75. The van der Waals surface area contributed by atoms with Crippen LogP contribution in [0, 0.1) is 5.92 Å². The highest BCUT2D eigenvalue weighted by atomic mass is 16.5. The summed E-state index contributed by atoms with van der Waals surface area (Å²) in [5.74, 6) is 1.37. The number of quaternary nitrogens is 1. The Balaban J connectivity index is 1.65. The number of methoxy groups -OCH3 is 2. The lowest BCUT2D eigenvalue weighted by Gasteiger charge is -2.51. The molecule has 0 spiro atoms. The maximum atomic E-state index is 12.5. The minimum Gasteiger partial charge on any atom is -0.497 e. The number of carbonyl (C=O) groups excluding carboxylic acids is 1. The third-order valence-corrected chi connectivity index (χ3v) is 6.02. The van der Waals surface area contributed by atoms with Crippen molar-refractivity contribution in [2.45, 2.75) is 38.1 Å². The molecule has 5 heteroatoms. The highest BCUT2D eigenvalue weighted by molar-refractivity contribution is 5.90. The van der Waals surface area contributed by atoms with E-state index in [0.717, 1.165) is 10.9 Å². The van der Waals surface area contributed by atoms with Gasteiger partial charge in [0.2, 0.25) is 0 Å². The quantitative estimate of drug-likeness (QED) is 0.605. The van der Waals surface area contributed by atoms with E-state index in [9.17, 15) is 4.79 Å². The standard InChI is InChI=1S/C20H30NO4/c1-21-9-5-4-8-19(21)15(7-6-10-21)14-25-20(22)16-11-17(23-2)13-18(12-16)24-3/h11-13,15,19H,4-10,14H2,1-3H3/q+1/t15-,19+,21-/m0/s1. The number of nitrogens with zero attached hydrogens (tertiary/aromatic N) is 1. The molecule has 0 N–H and O–H groups in total. The minimum absolute atomic E-state index is 0.298. The van der Waals surface area contributed by atoms with Crippen LogP contribution in [0.1, 0.15) is 42.5 Å². The molecule has 0 radical (unpaired) electrons. The molecular formula is C20H30NO4+. The van der Waals surface area contributed by atoms with Crippen molar-refractivity contribution in [2.75, 3.05) is 41.0 Å². The Morgan fingerprint density at radius 2 is 1.72 bits per heavy atom. The molecule has 3 atom stereocenters. The first-order valence-corrected chi connectivity index (χ1v) is 9.30. The first kappa shape index (κ1) is 18.1. The van der Waals surface area contributed by atoms with Gasteiger partial charge in [0.25, 0.3) is 0 Å². The van der Waals surface area contributed by atoms with Gasteiger partial charge in [0.15, 0.2) is 0 Å². The van der Waals surface area contributed by atoms with Gasteiger partial charge in [-0.05, 0) is 37.8 Å². The summed E-state index contributed by atoms with van der Waals surface area (Å²) in [5.41, 5.74) is 0.480. The molecule has 0 bridgehead atoms. The number of benzene rings is 1. The fourth-order valence-electron chi connectivity index (χ4n) is 4.62. The lowest BCUT2D eigenvalue weighted by Crippen LogP contribution is -2.61. The predicted octanol–water partition coefficient (Wildman–Crippen LogP) is 3.27. The summed E-state index contributed by atoms with van der Waals surface area (Å²) < 4.78 is 17.3. The molecule has 0 saturated carbocycles. The first-order valence-electron chi connectivity index (χ1n) is 9.30. The Morgan fingerprint density at radius 3 is 2.40 bits per heavy atom. The predicted molar refractivity (Wildman–Crippen MR) is 96.1 cm³/mol. The first-order chi connectivity index (χ1) is 12.1. The lowest BCUT2D eigenvalue weighted by atomic mass is 9.82. The van der Waals surface area contributed by atoms with Crippen molar-refractivity contribution in [3.63, 3.8) is 0 Å². The number of hydrogen-bond acceptors (Lipinski definition) is 4. The second-order valence-electron chi connectivity index (χ2n) is 7.59. The average molecular weight is 348 g/mol. The topological polar surface area (TPSA) is 44.8 Å². The van der Waals surface area contributed by atoms with Crippen molar-refractivity contribution in [3.8, 4) is 11.5 Å². The van der Waals surface area contributed by atoms with Crippen molar-refractivity contribution in [1.82, 2.24) is 0 Å². The fourth-order valence-corrected chi connectivity index (χ4v) is 4.62. The van der Waals surface area contributed by atoms with Crippen LogP contribution in [0.25, 0.3) is 0 Å². The van der Waals surface area contributed by atoms with E-state index in [-0.39, 0.29) is 5.97 Å². The van der Waals surface area contributed by atoms with Gasteiger partial charge in [0, 0.05) is 18.4 Å². The van der Waals surface area contributed by atoms with Crippen LogP contribution < -0.4 is 9.47 Å². The van der Waals surface area contributed by atoms with E-state index in [1.807, 2.05) is 0 Å². The Kier molecular flexibility index (Phi) is 5.52. The maximum Gasteiger partial charge on any atom is 0.338 e. The van der Waals surface area contributed by atoms with E-state index in [2.05, 4.69) is 7.05 Å². The van der Waals surface area contributed by atoms with Gasteiger partial charge in [-0.25, -0.2) is 4.79 Å². The zero-order chi connectivity index (χ0) is 17.9. The monoisotopic (exact) mass is 348 g/mol. The van der Waals surface area contributed by atoms with Gasteiger partial charge < -0.3 is 18.7 Å². The Morgan fingerprint density at radius 1 is 1.04 bits per heavy atom. The summed E-state index contributed by atoms with van der Waals surface area (Å²) in [6, 6.07) is 5.79. The molecule has 0 aliphatic carbocycles. The molecule has 5 nitrogen and oxygen atoms in total. The van der Waals surface area contributed by atoms with Gasteiger partial charge in [-0.2, -0.15) is 0 Å². The van der Waals surface area contributed by atoms with Crippen molar-refractivity contribution in [3.05, 3.63) is 23.8 Å². The van der Waals surface area contributed by atoms with Crippen LogP contribution in [0.2, 0.25) is 0 Å². The van der Waals surface area contributed by atoms with Crippen molar-refractivity contribution in [1.29, 1.82) is 0 Å². The molecule has 0 aromatic heterocycles. The second kappa shape index (κ2) is 7.65. The number of hydrogen-bond donors (Lipinski definition) is 0. The molecule has 2 heterocycles. The Bertz CT molecular complexity index is 591. The molecule has 2 saturated heterocycles. The van der Waals surface area contributed by atoms with Gasteiger partial charge in [-0.1, -0.05) is 0 Å². The smallest absolute Gasteiger partial charge is 0.338 e. The summed E-state index contributed by atoms with van der Waals surface area (Å²) in [7, 11) is 5.53. The Labute approximate surface area is 150 Å². The zero-order valence-corrected chi connectivity index (χ0v) is 15.6. The molecule has 1 aromatic carbocycles. The van der Waals surface area contributed by atoms with E-state index in [0.29, 0.717) is 35.6 Å². The largest absolute Gasteiger partial charge is 0.497 e. The van der Waals surface area contributed by atoms with Crippen LogP contribution in [0.15, 0.2) is 18.2 Å². The SMILES string of the molecule is COc1cc(OC)cc(C(=O)OC[C@@H]2CCC[N@+]3(C)CCCC[C@H]23)c1. The molecule has 1 aromatic rings. The van der Waals surface area contributed by atoms with Crippen molar-refractivity contribution in [2.24, 2.45) is 5.92 Å². The van der Waals surface area contributed by atoms with Crippen LogP contribution in [-0.2, 0) is 4.74 Å². The normalized spacial score (nSPS) is 28.8. The third-order valence-electron chi connectivity index (χ3n) is 6.02. The fraction of sp³-hybridized carbons (Fsp3) is 0.650. The molecule has 2 fully saturated rings. The van der Waals surface area contributed by atoms with Crippen molar-refractivity contribution >= 4 is 5.97 Å². The highest BCUT2D eigenvalue weighted by Crippen LogP contribution is 2.36. The van der Waals surface area contributed by atoms with E-state index in [4.69, 9.17) is 14.2 Å². The van der Waals surface area contributed by atoms with Gasteiger partial charge in [0.1, 0.15) is 18.1 Å². The molecule has 138 valence electrons. The molecule has 0 unspecified atom stereocenters. The summed E-state index contributed by atoms with van der Waals surface area (Å²) in [4.78, 5) is 12.5. The summed E-state index contributed by atoms with van der Waals surface area (Å²) in [6.07, 6.45) is 6.26. The van der Waals surface area contributed by atoms with Crippen LogP contribution in [-0.4, -0.2) is 57.5 Å². The number of fused-ring (bicyclic) bond motifs is 1. The van der Waals surface area contributed by atoms with Crippen LogP contribution >= 0.6 is 0 Å². The summed E-state index contributed by atoms with van der Waals surface area (Å²) in [6.45, 7) is 3.04. The van der Waals surface area contributed by atoms with Gasteiger partial charge >= 0.3 is 5.97 Å². The van der Waals surface area contributed by atoms with E-state index < -0.39 is 0 Å². The van der Waals surface area contributed by atoms with Crippen LogP contribution in [0.5, 0.6) is 11.5 Å². The second-order valence-corrected chi connectivity index (χ2v) is 7.59. The van der Waals surface area contributed by atoms with Gasteiger partial charge in [0.05, 0.1) is 46.0 Å². The molecule has 2 aliphatic rings.